The highest BCUT2D eigenvalue weighted by atomic mass is 32.2. The third-order valence-corrected chi connectivity index (χ3v) is 3.43. The van der Waals surface area contributed by atoms with Gasteiger partial charge in [-0.25, -0.2) is 5.90 Å². The zero-order valence-corrected chi connectivity index (χ0v) is 12.7. The fourth-order valence-corrected chi connectivity index (χ4v) is 2.22. The van der Waals surface area contributed by atoms with Crippen LogP contribution in [0.15, 0.2) is 30.3 Å². The van der Waals surface area contributed by atoms with E-state index in [2.05, 4.69) is 47.7 Å². The number of nitrogens with one attached hydrogen (secondary N) is 1. The molecular formula is C14H26N2OS. The van der Waals surface area contributed by atoms with Gasteiger partial charge in [-0.15, -0.1) is 0 Å². The molecular weight excluding hydrogens is 244 g/mol. The van der Waals surface area contributed by atoms with Gasteiger partial charge in [0.05, 0.1) is 6.61 Å². The largest absolute Gasteiger partial charge is 0.305 e. The Hall–Kier alpha value is -0.550. The fraction of sp³-hybridized carbons (Fsp3) is 0.571. The van der Waals surface area contributed by atoms with Crippen LogP contribution in [0, 0.1) is 0 Å². The van der Waals surface area contributed by atoms with Crippen molar-refractivity contribution >= 4 is 11.9 Å². The lowest BCUT2D eigenvalue weighted by molar-refractivity contribution is 0.136. The van der Waals surface area contributed by atoms with E-state index in [0.29, 0.717) is 6.61 Å². The van der Waals surface area contributed by atoms with Crippen molar-refractivity contribution in [1.29, 1.82) is 0 Å². The first kappa shape index (κ1) is 17.4. The lowest BCUT2D eigenvalue weighted by atomic mass is 10.0. The smallest absolute Gasteiger partial charge is 0.0691 e. The highest BCUT2D eigenvalue weighted by Gasteiger charge is 2.20. The van der Waals surface area contributed by atoms with Crippen molar-refractivity contribution < 1.29 is 4.84 Å². The van der Waals surface area contributed by atoms with Gasteiger partial charge < -0.3 is 4.84 Å². The second-order valence-electron chi connectivity index (χ2n) is 4.10. The van der Waals surface area contributed by atoms with E-state index in [-0.39, 0.29) is 4.75 Å². The van der Waals surface area contributed by atoms with E-state index < -0.39 is 0 Å². The molecule has 0 spiro atoms. The zero-order chi connectivity index (χ0) is 13.9. The van der Waals surface area contributed by atoms with Crippen molar-refractivity contribution in [3.63, 3.8) is 0 Å². The molecule has 0 aliphatic rings. The van der Waals surface area contributed by atoms with Gasteiger partial charge >= 0.3 is 0 Å². The first-order valence-corrected chi connectivity index (χ1v) is 7.26. The summed E-state index contributed by atoms with van der Waals surface area (Å²) in [4.78, 5) is 4.51. The summed E-state index contributed by atoms with van der Waals surface area (Å²) in [6, 6.07) is 10.5. The molecule has 0 fully saturated rings. The Morgan fingerprint density at radius 2 is 1.83 bits per heavy atom. The summed E-state index contributed by atoms with van der Waals surface area (Å²) in [5.41, 5.74) is 1.32. The third kappa shape index (κ3) is 7.01. The van der Waals surface area contributed by atoms with E-state index in [1.54, 1.807) is 11.9 Å². The molecule has 0 aliphatic heterocycles. The van der Waals surface area contributed by atoms with Gasteiger partial charge in [0, 0.05) is 11.3 Å². The monoisotopic (exact) mass is 270 g/mol. The van der Waals surface area contributed by atoms with Crippen LogP contribution in [-0.4, -0.2) is 13.2 Å². The van der Waals surface area contributed by atoms with Crippen molar-refractivity contribution in [3.05, 3.63) is 35.9 Å². The Morgan fingerprint density at radius 3 is 2.39 bits per heavy atom. The van der Waals surface area contributed by atoms with Crippen LogP contribution in [0.4, 0.5) is 0 Å². The molecule has 1 aromatic rings. The molecule has 0 heterocycles. The molecule has 0 aliphatic carbocycles. The van der Waals surface area contributed by atoms with Crippen LogP contribution in [-0.2, 0) is 9.58 Å². The second-order valence-corrected chi connectivity index (χ2v) is 5.61. The second kappa shape index (κ2) is 10.4. The molecule has 0 radical (unpaired) electrons. The summed E-state index contributed by atoms with van der Waals surface area (Å²) in [5.74, 6) is 4.95. The molecule has 4 heteroatoms. The Labute approximate surface area is 116 Å². The van der Waals surface area contributed by atoms with Gasteiger partial charge in [-0.2, -0.15) is 0 Å². The van der Waals surface area contributed by atoms with E-state index >= 15 is 0 Å². The van der Waals surface area contributed by atoms with Crippen molar-refractivity contribution in [3.8, 4) is 0 Å². The van der Waals surface area contributed by atoms with Crippen molar-refractivity contribution in [2.24, 2.45) is 5.90 Å². The van der Waals surface area contributed by atoms with Gasteiger partial charge in [0.2, 0.25) is 0 Å². The number of benzene rings is 1. The molecule has 0 saturated carbocycles. The minimum Gasteiger partial charge on any atom is -0.305 e. The van der Waals surface area contributed by atoms with E-state index in [4.69, 9.17) is 5.90 Å². The molecule has 0 unspecified atom stereocenters. The van der Waals surface area contributed by atoms with E-state index in [1.165, 1.54) is 5.56 Å². The van der Waals surface area contributed by atoms with Crippen LogP contribution >= 0.6 is 11.9 Å². The van der Waals surface area contributed by atoms with Gasteiger partial charge in [-0.3, -0.25) is 4.72 Å². The number of hydrogen-bond donors (Lipinski definition) is 2. The number of hydrogen-bond acceptors (Lipinski definition) is 4. The van der Waals surface area contributed by atoms with Crippen LogP contribution < -0.4 is 10.6 Å². The molecule has 1 rings (SSSR count). The molecule has 3 nitrogen and oxygen atoms in total. The summed E-state index contributed by atoms with van der Waals surface area (Å²) in [6.45, 7) is 9.91. The first-order valence-electron chi connectivity index (χ1n) is 6.45. The molecule has 0 aromatic heterocycles. The average Bonchev–Trinajstić information content (AvgIpc) is 2.42. The van der Waals surface area contributed by atoms with Gasteiger partial charge in [0.1, 0.15) is 0 Å². The maximum atomic E-state index is 4.95. The highest BCUT2D eigenvalue weighted by molar-refractivity contribution is 7.98. The van der Waals surface area contributed by atoms with Crippen LogP contribution in [0.2, 0.25) is 0 Å². The van der Waals surface area contributed by atoms with Crippen molar-refractivity contribution in [2.75, 3.05) is 13.2 Å². The molecule has 0 atom stereocenters. The first-order chi connectivity index (χ1) is 8.67. The van der Waals surface area contributed by atoms with Crippen LogP contribution in [0.25, 0.3) is 0 Å². The molecule has 3 N–H and O–H groups in total. The Morgan fingerprint density at radius 1 is 1.22 bits per heavy atom. The molecule has 0 bridgehead atoms. The molecule has 0 saturated heterocycles. The minimum atomic E-state index is 0.0742. The topological polar surface area (TPSA) is 47.3 Å². The molecule has 1 aromatic carbocycles. The Balaban J connectivity index is 0.00000137. The number of nitrogens with two attached hydrogens (primary N) is 1. The lowest BCUT2D eigenvalue weighted by Crippen LogP contribution is -2.20. The van der Waals surface area contributed by atoms with E-state index in [1.807, 2.05) is 19.9 Å². The van der Waals surface area contributed by atoms with Crippen molar-refractivity contribution in [1.82, 2.24) is 4.72 Å². The normalized spacial score (nSPS) is 10.7. The third-order valence-electron chi connectivity index (χ3n) is 2.34. The molecule has 0 amide bonds. The van der Waals surface area contributed by atoms with Gasteiger partial charge in [-0.05, 0) is 25.8 Å². The summed E-state index contributed by atoms with van der Waals surface area (Å²) < 4.78 is 3.41. The van der Waals surface area contributed by atoms with Gasteiger partial charge in [0.25, 0.3) is 0 Å². The quantitative estimate of drug-likeness (QED) is 0.452. The predicted octanol–water partition coefficient (Wildman–Crippen LogP) is 3.47. The van der Waals surface area contributed by atoms with Gasteiger partial charge in [0.15, 0.2) is 0 Å². The van der Waals surface area contributed by atoms with E-state index in [0.717, 1.165) is 13.0 Å². The maximum absolute atomic E-state index is 4.95. The Bertz CT molecular complexity index is 291. The van der Waals surface area contributed by atoms with E-state index in [9.17, 15) is 0 Å². The lowest BCUT2D eigenvalue weighted by Gasteiger charge is -2.24. The summed E-state index contributed by atoms with van der Waals surface area (Å²) >= 11 is 1.74. The summed E-state index contributed by atoms with van der Waals surface area (Å²) in [7, 11) is 0. The summed E-state index contributed by atoms with van der Waals surface area (Å²) in [5, 5.41) is 0. The standard InChI is InChI=1S/C12H20N2OS.C2H6/c1-12(2,11-7-4-3-5-8-11)16-14-9-6-10-15-13;1-2/h3-5,7-8,14H,6,9-10,13H2,1-2H3;1-2H3. The number of rotatable bonds is 7. The SMILES string of the molecule is CC.CC(C)(SNCCCON)c1ccccc1. The van der Waals surface area contributed by atoms with Crippen LogP contribution in [0.5, 0.6) is 0 Å². The average molecular weight is 270 g/mol. The minimum absolute atomic E-state index is 0.0742. The highest BCUT2D eigenvalue weighted by Crippen LogP contribution is 2.32. The van der Waals surface area contributed by atoms with Crippen LogP contribution in [0.1, 0.15) is 39.7 Å². The summed E-state index contributed by atoms with van der Waals surface area (Å²) in [6.07, 6.45) is 0.925. The predicted molar refractivity (Wildman–Crippen MR) is 81.2 cm³/mol. The van der Waals surface area contributed by atoms with Gasteiger partial charge in [-0.1, -0.05) is 56.1 Å². The van der Waals surface area contributed by atoms with Crippen molar-refractivity contribution in [2.45, 2.75) is 38.9 Å². The fourth-order valence-electron chi connectivity index (χ4n) is 1.36. The zero-order valence-electron chi connectivity index (χ0n) is 11.9. The molecule has 104 valence electrons. The Kier molecular flexibility index (Phi) is 10.1. The molecule has 18 heavy (non-hydrogen) atoms. The maximum Gasteiger partial charge on any atom is 0.0691 e. The van der Waals surface area contributed by atoms with Crippen LogP contribution in [0.3, 0.4) is 0 Å².